The molecule has 1 atom stereocenters. The molecule has 3 heteroatoms. The Hall–Kier alpha value is -0.960. The maximum absolute atomic E-state index is 11.8. The van der Waals surface area contributed by atoms with Crippen molar-refractivity contribution < 1.29 is 14.7 Å². The van der Waals surface area contributed by atoms with Crippen LogP contribution in [0.25, 0.3) is 0 Å². The van der Waals surface area contributed by atoms with Crippen molar-refractivity contribution in [3.63, 3.8) is 0 Å². The summed E-state index contributed by atoms with van der Waals surface area (Å²) in [7, 11) is 0. The first-order chi connectivity index (χ1) is 7.42. The molecule has 3 nitrogen and oxygen atoms in total. The second-order valence-electron chi connectivity index (χ2n) is 5.14. The van der Waals surface area contributed by atoms with Gasteiger partial charge in [0.15, 0.2) is 5.78 Å². The predicted molar refractivity (Wildman–Crippen MR) is 62.0 cm³/mol. The summed E-state index contributed by atoms with van der Waals surface area (Å²) in [5.74, 6) is 0.206. The van der Waals surface area contributed by atoms with Crippen LogP contribution in [-0.2, 0) is 9.59 Å². The van der Waals surface area contributed by atoms with Crippen molar-refractivity contribution in [3.05, 3.63) is 11.6 Å². The first-order valence-corrected chi connectivity index (χ1v) is 5.82. The van der Waals surface area contributed by atoms with Gasteiger partial charge in [0, 0.05) is 12.3 Å². The molecule has 1 N–H and O–H groups in total. The maximum atomic E-state index is 11.8. The van der Waals surface area contributed by atoms with Gasteiger partial charge in [-0.15, -0.1) is 0 Å². The van der Waals surface area contributed by atoms with Crippen LogP contribution in [0.5, 0.6) is 0 Å². The van der Waals surface area contributed by atoms with Gasteiger partial charge in [0.05, 0.1) is 5.60 Å². The van der Waals surface area contributed by atoms with Gasteiger partial charge in [-0.1, -0.05) is 6.08 Å². The molecule has 1 unspecified atom stereocenters. The van der Waals surface area contributed by atoms with Gasteiger partial charge >= 0.3 is 0 Å². The Morgan fingerprint density at radius 2 is 2.31 bits per heavy atom. The molecular weight excluding hydrogens is 204 g/mol. The molecule has 0 aliphatic heterocycles. The van der Waals surface area contributed by atoms with E-state index in [4.69, 9.17) is 0 Å². The molecule has 0 aromatic heterocycles. The van der Waals surface area contributed by atoms with Crippen LogP contribution in [0.4, 0.5) is 0 Å². The first kappa shape index (κ1) is 13.1. The fourth-order valence-electron chi connectivity index (χ4n) is 1.81. The summed E-state index contributed by atoms with van der Waals surface area (Å²) < 4.78 is 0. The number of ketones is 1. The van der Waals surface area contributed by atoms with Gasteiger partial charge in [-0.2, -0.15) is 0 Å². The Bertz CT molecular complexity index is 297. The molecule has 0 radical (unpaired) electrons. The maximum Gasteiger partial charge on any atom is 0.158 e. The van der Waals surface area contributed by atoms with Crippen LogP contribution in [0.1, 0.15) is 46.0 Å². The summed E-state index contributed by atoms with van der Waals surface area (Å²) in [4.78, 5) is 22.3. The normalized spacial score (nSPS) is 21.4. The summed E-state index contributed by atoms with van der Waals surface area (Å²) in [5.41, 5.74) is 0.0540. The van der Waals surface area contributed by atoms with E-state index in [1.165, 1.54) is 0 Å². The topological polar surface area (TPSA) is 54.4 Å². The minimum absolute atomic E-state index is 0.0887. The minimum atomic E-state index is -0.782. The van der Waals surface area contributed by atoms with Crippen molar-refractivity contribution in [3.8, 4) is 0 Å². The van der Waals surface area contributed by atoms with Crippen molar-refractivity contribution in [2.24, 2.45) is 5.92 Å². The van der Waals surface area contributed by atoms with Gasteiger partial charge in [-0.25, -0.2) is 0 Å². The number of carbonyl (C=O) groups excluding carboxylic acids is 2. The lowest BCUT2D eigenvalue weighted by molar-refractivity contribution is -0.117. The smallest absolute Gasteiger partial charge is 0.158 e. The summed E-state index contributed by atoms with van der Waals surface area (Å²) in [6, 6.07) is 0. The van der Waals surface area contributed by atoms with E-state index in [1.54, 1.807) is 13.8 Å². The van der Waals surface area contributed by atoms with Gasteiger partial charge in [-0.05, 0) is 45.1 Å². The van der Waals surface area contributed by atoms with E-state index in [2.05, 4.69) is 0 Å². The molecule has 0 saturated carbocycles. The van der Waals surface area contributed by atoms with Crippen LogP contribution in [0.2, 0.25) is 0 Å². The number of aldehydes is 1. The van der Waals surface area contributed by atoms with E-state index < -0.39 is 5.60 Å². The van der Waals surface area contributed by atoms with Crippen LogP contribution >= 0.6 is 0 Å². The summed E-state index contributed by atoms with van der Waals surface area (Å²) in [6.45, 7) is 3.41. The zero-order valence-electron chi connectivity index (χ0n) is 10.0. The van der Waals surface area contributed by atoms with E-state index in [0.29, 0.717) is 25.7 Å². The second-order valence-corrected chi connectivity index (χ2v) is 5.14. The fraction of sp³-hybridized carbons (Fsp3) is 0.692. The highest BCUT2D eigenvalue weighted by Gasteiger charge is 2.20. The van der Waals surface area contributed by atoms with Crippen molar-refractivity contribution in [2.75, 3.05) is 0 Å². The molecule has 0 bridgehead atoms. The number of hydrogen-bond acceptors (Lipinski definition) is 3. The first-order valence-electron chi connectivity index (χ1n) is 5.82. The molecule has 0 aromatic carbocycles. The lowest BCUT2D eigenvalue weighted by Gasteiger charge is -2.19. The van der Waals surface area contributed by atoms with Gasteiger partial charge in [0.25, 0.3) is 0 Å². The van der Waals surface area contributed by atoms with E-state index in [9.17, 15) is 14.7 Å². The molecule has 0 saturated heterocycles. The highest BCUT2D eigenvalue weighted by atomic mass is 16.3. The molecule has 0 spiro atoms. The molecule has 90 valence electrons. The average Bonchev–Trinajstić information content (AvgIpc) is 2.25. The Morgan fingerprint density at radius 3 is 2.75 bits per heavy atom. The Labute approximate surface area is 96.5 Å². The number of allylic oxidation sites excluding steroid dienone is 2. The summed E-state index contributed by atoms with van der Waals surface area (Å²) >= 11 is 0. The monoisotopic (exact) mass is 224 g/mol. The third-order valence-corrected chi connectivity index (χ3v) is 2.97. The van der Waals surface area contributed by atoms with E-state index >= 15 is 0 Å². The van der Waals surface area contributed by atoms with E-state index in [1.807, 2.05) is 6.08 Å². The van der Waals surface area contributed by atoms with Crippen LogP contribution in [0, 0.1) is 5.92 Å². The Morgan fingerprint density at radius 1 is 1.62 bits per heavy atom. The van der Waals surface area contributed by atoms with Crippen molar-refractivity contribution in [1.82, 2.24) is 0 Å². The lowest BCUT2D eigenvalue weighted by atomic mass is 9.87. The SMILES string of the molecule is CC(C)(O)CCC(=O)C1=CCC(C=O)CC1. The number of Topliss-reactive ketones (excluding diaryl/α,β-unsaturated/α-hetero) is 1. The quantitative estimate of drug-likeness (QED) is 0.727. The molecule has 1 aliphatic rings. The molecule has 0 amide bonds. The number of rotatable bonds is 5. The predicted octanol–water partition coefficient (Wildman–Crippen LogP) is 2.03. The zero-order chi connectivity index (χ0) is 12.2. The van der Waals surface area contributed by atoms with Gasteiger partial charge in [0.2, 0.25) is 0 Å². The molecule has 0 fully saturated rings. The van der Waals surface area contributed by atoms with E-state index in [-0.39, 0.29) is 11.7 Å². The van der Waals surface area contributed by atoms with Gasteiger partial charge in [-0.3, -0.25) is 4.79 Å². The third-order valence-electron chi connectivity index (χ3n) is 2.97. The second kappa shape index (κ2) is 5.39. The Kier molecular flexibility index (Phi) is 4.42. The summed E-state index contributed by atoms with van der Waals surface area (Å²) in [5, 5.41) is 9.53. The standard InChI is InChI=1S/C13H20O3/c1-13(2,16)8-7-12(15)11-5-3-10(9-14)4-6-11/h5,9-10,16H,3-4,6-8H2,1-2H3. The van der Waals surface area contributed by atoms with Crippen molar-refractivity contribution >= 4 is 12.1 Å². The largest absolute Gasteiger partial charge is 0.390 e. The number of carbonyl (C=O) groups is 2. The minimum Gasteiger partial charge on any atom is -0.390 e. The van der Waals surface area contributed by atoms with Crippen LogP contribution in [0.3, 0.4) is 0 Å². The Balaban J connectivity index is 2.44. The molecule has 0 aromatic rings. The highest BCUT2D eigenvalue weighted by Crippen LogP contribution is 2.24. The van der Waals surface area contributed by atoms with E-state index in [0.717, 1.165) is 18.3 Å². The van der Waals surface area contributed by atoms with Gasteiger partial charge in [0.1, 0.15) is 6.29 Å². The van der Waals surface area contributed by atoms with Crippen LogP contribution in [-0.4, -0.2) is 22.8 Å². The van der Waals surface area contributed by atoms with Crippen LogP contribution < -0.4 is 0 Å². The van der Waals surface area contributed by atoms with Gasteiger partial charge < -0.3 is 9.90 Å². The molecular formula is C13H20O3. The van der Waals surface area contributed by atoms with Crippen molar-refractivity contribution in [1.29, 1.82) is 0 Å². The highest BCUT2D eigenvalue weighted by molar-refractivity contribution is 5.95. The summed E-state index contributed by atoms with van der Waals surface area (Å²) in [6.07, 6.45) is 5.90. The van der Waals surface area contributed by atoms with Crippen molar-refractivity contribution in [2.45, 2.75) is 51.6 Å². The lowest BCUT2D eigenvalue weighted by Crippen LogP contribution is -2.21. The zero-order valence-corrected chi connectivity index (χ0v) is 10.0. The molecule has 0 heterocycles. The average molecular weight is 224 g/mol. The number of aliphatic hydroxyl groups is 1. The molecule has 16 heavy (non-hydrogen) atoms. The number of hydrogen-bond donors (Lipinski definition) is 1. The molecule has 1 rings (SSSR count). The third kappa shape index (κ3) is 4.27. The van der Waals surface area contributed by atoms with Crippen LogP contribution in [0.15, 0.2) is 11.6 Å². The fourth-order valence-corrected chi connectivity index (χ4v) is 1.81. The molecule has 1 aliphatic carbocycles.